The summed E-state index contributed by atoms with van der Waals surface area (Å²) in [5.41, 5.74) is 1.13. The van der Waals surface area contributed by atoms with Gasteiger partial charge in [0.15, 0.2) is 11.5 Å². The van der Waals surface area contributed by atoms with Crippen LogP contribution in [0.15, 0.2) is 24.3 Å². The van der Waals surface area contributed by atoms with Gasteiger partial charge < -0.3 is 19.5 Å². The summed E-state index contributed by atoms with van der Waals surface area (Å²) in [5.74, 6) is 2.50. The second-order valence-electron chi connectivity index (χ2n) is 5.51. The normalized spacial score (nSPS) is 19.8. The fourth-order valence-electron chi connectivity index (χ4n) is 2.66. The van der Waals surface area contributed by atoms with E-state index in [0.717, 1.165) is 55.2 Å². The molecule has 0 bridgehead atoms. The maximum Gasteiger partial charge on any atom is 0.231 e. The lowest BCUT2D eigenvalue weighted by molar-refractivity contribution is 0.173. The first-order chi connectivity index (χ1) is 10.4. The van der Waals surface area contributed by atoms with Gasteiger partial charge in [0.1, 0.15) is 11.9 Å². The Morgan fingerprint density at radius 3 is 2.90 bits per heavy atom. The van der Waals surface area contributed by atoms with Gasteiger partial charge in [0.2, 0.25) is 6.79 Å². The summed E-state index contributed by atoms with van der Waals surface area (Å²) in [6, 6.07) is 4.00. The Hall–Kier alpha value is -1.68. The molecule has 0 saturated carbocycles. The van der Waals surface area contributed by atoms with Crippen molar-refractivity contribution in [2.75, 3.05) is 13.3 Å². The summed E-state index contributed by atoms with van der Waals surface area (Å²) < 4.78 is 17.1. The number of nitrogens with one attached hydrogen (secondary N) is 1. The molecule has 1 aliphatic carbocycles. The molecule has 1 aromatic carbocycles. The van der Waals surface area contributed by atoms with Crippen molar-refractivity contribution in [3.63, 3.8) is 0 Å². The molecule has 0 fully saturated rings. The molecule has 0 saturated heterocycles. The van der Waals surface area contributed by atoms with Gasteiger partial charge in [0, 0.05) is 18.2 Å². The quantitative estimate of drug-likeness (QED) is 0.643. The maximum atomic E-state index is 6.18. The number of rotatable bonds is 6. The van der Waals surface area contributed by atoms with E-state index < -0.39 is 0 Å². The van der Waals surface area contributed by atoms with Crippen LogP contribution < -0.4 is 19.5 Å². The molecular weight excluding hydrogens is 266 g/mol. The third-order valence-corrected chi connectivity index (χ3v) is 3.79. The molecule has 4 heteroatoms. The molecule has 0 spiro atoms. The molecule has 114 valence electrons. The summed E-state index contributed by atoms with van der Waals surface area (Å²) >= 11 is 0. The highest BCUT2D eigenvalue weighted by Crippen LogP contribution is 2.39. The zero-order valence-electron chi connectivity index (χ0n) is 12.6. The van der Waals surface area contributed by atoms with Gasteiger partial charge in [-0.05, 0) is 44.4 Å². The van der Waals surface area contributed by atoms with E-state index in [0.29, 0.717) is 6.79 Å². The van der Waals surface area contributed by atoms with Gasteiger partial charge in [-0.3, -0.25) is 0 Å². The van der Waals surface area contributed by atoms with Gasteiger partial charge in [-0.15, -0.1) is 0 Å². The molecule has 1 unspecified atom stereocenters. The van der Waals surface area contributed by atoms with Crippen LogP contribution in [0.1, 0.15) is 38.2 Å². The number of hydrogen-bond acceptors (Lipinski definition) is 4. The Bertz CT molecular complexity index is 513. The SMILES string of the molecule is CCCNCc1cc2c(cc1OC1C=CCCC1)OCO2. The fraction of sp³-hybridized carbons (Fsp3) is 0.529. The Labute approximate surface area is 126 Å². The van der Waals surface area contributed by atoms with Crippen LogP contribution in [-0.4, -0.2) is 19.4 Å². The number of fused-ring (bicyclic) bond motifs is 1. The van der Waals surface area contributed by atoms with Gasteiger partial charge in [-0.1, -0.05) is 13.0 Å². The minimum atomic E-state index is 0.170. The molecule has 0 radical (unpaired) electrons. The van der Waals surface area contributed by atoms with Gasteiger partial charge >= 0.3 is 0 Å². The molecule has 2 aliphatic rings. The van der Waals surface area contributed by atoms with E-state index in [1.807, 2.05) is 12.1 Å². The Balaban J connectivity index is 1.78. The lowest BCUT2D eigenvalue weighted by atomic mass is 10.1. The van der Waals surface area contributed by atoms with Gasteiger partial charge in [0.05, 0.1) is 0 Å². The van der Waals surface area contributed by atoms with Gasteiger partial charge in [-0.2, -0.15) is 0 Å². The molecule has 1 N–H and O–H groups in total. The monoisotopic (exact) mass is 289 g/mol. The van der Waals surface area contributed by atoms with Crippen LogP contribution in [0.4, 0.5) is 0 Å². The minimum absolute atomic E-state index is 0.170. The van der Waals surface area contributed by atoms with Crippen LogP contribution in [-0.2, 0) is 6.54 Å². The lowest BCUT2D eigenvalue weighted by Gasteiger charge is -2.21. The molecular formula is C17H23NO3. The highest BCUT2D eigenvalue weighted by Gasteiger charge is 2.20. The fourth-order valence-corrected chi connectivity index (χ4v) is 2.66. The lowest BCUT2D eigenvalue weighted by Crippen LogP contribution is -2.19. The van der Waals surface area contributed by atoms with Crippen molar-refractivity contribution in [1.82, 2.24) is 5.32 Å². The van der Waals surface area contributed by atoms with Crippen molar-refractivity contribution >= 4 is 0 Å². The van der Waals surface area contributed by atoms with Gasteiger partial charge in [0.25, 0.3) is 0 Å². The third-order valence-electron chi connectivity index (χ3n) is 3.79. The second kappa shape index (κ2) is 6.85. The van der Waals surface area contributed by atoms with Crippen molar-refractivity contribution in [3.05, 3.63) is 29.8 Å². The number of allylic oxidation sites excluding steroid dienone is 1. The van der Waals surface area contributed by atoms with Crippen LogP contribution in [0.5, 0.6) is 17.2 Å². The van der Waals surface area contributed by atoms with E-state index in [1.54, 1.807) is 0 Å². The van der Waals surface area contributed by atoms with Crippen LogP contribution in [0.2, 0.25) is 0 Å². The maximum absolute atomic E-state index is 6.18. The topological polar surface area (TPSA) is 39.7 Å². The van der Waals surface area contributed by atoms with Crippen molar-refractivity contribution < 1.29 is 14.2 Å². The zero-order valence-corrected chi connectivity index (χ0v) is 12.6. The molecule has 3 rings (SSSR count). The largest absolute Gasteiger partial charge is 0.486 e. The summed E-state index contributed by atoms with van der Waals surface area (Å²) in [5, 5.41) is 3.43. The average Bonchev–Trinajstić information content (AvgIpc) is 2.96. The summed E-state index contributed by atoms with van der Waals surface area (Å²) in [6.45, 7) is 4.24. The van der Waals surface area contributed by atoms with Crippen molar-refractivity contribution in [2.45, 2.75) is 45.3 Å². The molecule has 21 heavy (non-hydrogen) atoms. The standard InChI is InChI=1S/C17H23NO3/c1-2-8-18-11-13-9-16-17(20-12-19-16)10-15(13)21-14-6-4-3-5-7-14/h4,6,9-10,14,18H,2-3,5,7-8,11-12H2,1H3. The van der Waals surface area contributed by atoms with E-state index >= 15 is 0 Å². The smallest absolute Gasteiger partial charge is 0.231 e. The molecule has 1 atom stereocenters. The highest BCUT2D eigenvalue weighted by molar-refractivity contribution is 5.52. The molecule has 1 heterocycles. The van der Waals surface area contributed by atoms with Crippen LogP contribution >= 0.6 is 0 Å². The van der Waals surface area contributed by atoms with Crippen LogP contribution in [0.3, 0.4) is 0 Å². The third kappa shape index (κ3) is 3.50. The number of benzene rings is 1. The van der Waals surface area contributed by atoms with E-state index in [4.69, 9.17) is 14.2 Å². The summed E-state index contributed by atoms with van der Waals surface area (Å²) in [6.07, 6.45) is 9.08. The molecule has 4 nitrogen and oxygen atoms in total. The minimum Gasteiger partial charge on any atom is -0.486 e. The molecule has 0 amide bonds. The van der Waals surface area contributed by atoms with Crippen molar-refractivity contribution in [1.29, 1.82) is 0 Å². The predicted octanol–water partition coefficient (Wildman–Crippen LogP) is 3.40. The van der Waals surface area contributed by atoms with Crippen LogP contribution in [0, 0.1) is 0 Å². The summed E-state index contributed by atoms with van der Waals surface area (Å²) in [7, 11) is 0. The van der Waals surface area contributed by atoms with Crippen molar-refractivity contribution in [2.24, 2.45) is 0 Å². The Morgan fingerprint density at radius 2 is 2.14 bits per heavy atom. The van der Waals surface area contributed by atoms with Gasteiger partial charge in [-0.25, -0.2) is 0 Å². The first-order valence-electron chi connectivity index (χ1n) is 7.83. The first-order valence-corrected chi connectivity index (χ1v) is 7.83. The Morgan fingerprint density at radius 1 is 1.29 bits per heavy atom. The highest BCUT2D eigenvalue weighted by atomic mass is 16.7. The molecule has 1 aromatic rings. The zero-order chi connectivity index (χ0) is 14.5. The molecule has 1 aliphatic heterocycles. The van der Waals surface area contributed by atoms with E-state index in [9.17, 15) is 0 Å². The predicted molar refractivity (Wildman–Crippen MR) is 82.0 cm³/mol. The molecule has 0 aromatic heterocycles. The average molecular weight is 289 g/mol. The van der Waals surface area contributed by atoms with E-state index in [-0.39, 0.29) is 6.10 Å². The Kier molecular flexibility index (Phi) is 4.65. The second-order valence-corrected chi connectivity index (χ2v) is 5.51. The summed E-state index contributed by atoms with van der Waals surface area (Å²) in [4.78, 5) is 0. The first kappa shape index (κ1) is 14.3. The number of hydrogen-bond donors (Lipinski definition) is 1. The van der Waals surface area contributed by atoms with Crippen LogP contribution in [0.25, 0.3) is 0 Å². The van der Waals surface area contributed by atoms with E-state index in [2.05, 4.69) is 24.4 Å². The van der Waals surface area contributed by atoms with Crippen molar-refractivity contribution in [3.8, 4) is 17.2 Å². The number of ether oxygens (including phenoxy) is 3. The van der Waals surface area contributed by atoms with E-state index in [1.165, 1.54) is 6.42 Å².